The number of amides is 4. The minimum Gasteiger partial charge on any atom is -0.481 e. The fourth-order valence-corrected chi connectivity index (χ4v) is 5.79. The first kappa shape index (κ1) is 26.6. The first-order valence-electron chi connectivity index (χ1n) is 12.8. The molecule has 11 heteroatoms. The topological polar surface area (TPSA) is 134 Å². The molecule has 1 aliphatic carbocycles. The van der Waals surface area contributed by atoms with E-state index in [1.165, 1.54) is 36.2 Å². The van der Waals surface area contributed by atoms with Crippen molar-refractivity contribution in [3.8, 4) is 5.75 Å². The molecule has 4 amide bonds. The third kappa shape index (κ3) is 5.75. The van der Waals surface area contributed by atoms with Gasteiger partial charge in [0.25, 0.3) is 11.8 Å². The summed E-state index contributed by atoms with van der Waals surface area (Å²) in [4.78, 5) is 65.6. The maximum Gasteiger partial charge on any atom is 0.289 e. The van der Waals surface area contributed by atoms with Crippen LogP contribution < -0.4 is 20.7 Å². The Morgan fingerprint density at radius 1 is 1.16 bits per heavy atom. The van der Waals surface area contributed by atoms with Crippen molar-refractivity contribution in [1.29, 1.82) is 0 Å². The van der Waals surface area contributed by atoms with E-state index < -0.39 is 47.5 Å². The second-order valence-corrected chi connectivity index (χ2v) is 10.0. The third-order valence-corrected chi connectivity index (χ3v) is 7.68. The number of hydrogen-bond donors (Lipinski definition) is 3. The number of likely N-dealkylation sites (N-methyl/N-ethyl adjacent to an activating group) is 1. The van der Waals surface area contributed by atoms with Gasteiger partial charge in [0.15, 0.2) is 6.10 Å². The van der Waals surface area contributed by atoms with Gasteiger partial charge in [0.05, 0.1) is 6.04 Å². The quantitative estimate of drug-likeness (QED) is 0.411. The predicted octanol–water partition coefficient (Wildman–Crippen LogP) is 0.546. The van der Waals surface area contributed by atoms with Gasteiger partial charge < -0.3 is 25.6 Å². The van der Waals surface area contributed by atoms with Crippen LogP contribution in [0.3, 0.4) is 0 Å². The number of fused-ring (bicyclic) bond motifs is 1. The van der Waals surface area contributed by atoms with Crippen molar-refractivity contribution in [2.24, 2.45) is 17.8 Å². The Morgan fingerprint density at radius 3 is 2.54 bits per heavy atom. The van der Waals surface area contributed by atoms with Crippen LogP contribution in [0.4, 0.5) is 4.39 Å². The Morgan fingerprint density at radius 2 is 1.89 bits per heavy atom. The largest absolute Gasteiger partial charge is 0.481 e. The molecule has 200 valence electrons. The second-order valence-electron chi connectivity index (χ2n) is 10.0. The average Bonchev–Trinajstić information content (AvgIpc) is 3.59. The second kappa shape index (κ2) is 11.3. The first-order valence-corrected chi connectivity index (χ1v) is 12.8. The van der Waals surface area contributed by atoms with Gasteiger partial charge >= 0.3 is 0 Å². The summed E-state index contributed by atoms with van der Waals surface area (Å²) in [6.45, 7) is 2.43. The van der Waals surface area contributed by atoms with Crippen LogP contribution in [-0.2, 0) is 24.0 Å². The molecule has 3 fully saturated rings. The summed E-state index contributed by atoms with van der Waals surface area (Å²) in [6, 6.07) is 3.31. The summed E-state index contributed by atoms with van der Waals surface area (Å²) >= 11 is 0. The monoisotopic (exact) mass is 516 g/mol. The van der Waals surface area contributed by atoms with E-state index in [1.807, 2.05) is 0 Å². The standard InChI is InChI=1S/C26H33FN4O6/c1-14(37-18-8-6-17(27)7-9-18)26(36)31-13-16-4-3-5-19(16)21(31)24(34)30-20(22(32)25(35)28-2)12-15-10-11-29-23(15)33/h6-9,14-16,19-21H,3-5,10-13H2,1-2H3,(H,28,35)(H,29,33)(H,30,34)/t14-,15-,16-,19-,20-,21-/m0/s1. The van der Waals surface area contributed by atoms with Crippen LogP contribution in [0, 0.1) is 23.6 Å². The lowest BCUT2D eigenvalue weighted by Gasteiger charge is -2.30. The molecule has 2 heterocycles. The smallest absolute Gasteiger partial charge is 0.289 e. The zero-order valence-corrected chi connectivity index (χ0v) is 21.0. The van der Waals surface area contributed by atoms with E-state index in [0.29, 0.717) is 25.3 Å². The lowest BCUT2D eigenvalue weighted by Crippen LogP contribution is -2.56. The molecule has 4 rings (SSSR count). The molecule has 37 heavy (non-hydrogen) atoms. The summed E-state index contributed by atoms with van der Waals surface area (Å²) in [5.74, 6) is -3.34. The maximum absolute atomic E-state index is 13.6. The normalized spacial score (nSPS) is 26.1. The van der Waals surface area contributed by atoms with Gasteiger partial charge in [-0.15, -0.1) is 0 Å². The van der Waals surface area contributed by atoms with Crippen LogP contribution in [0.2, 0.25) is 0 Å². The molecule has 1 aromatic rings. The molecule has 0 radical (unpaired) electrons. The number of ketones is 1. The number of nitrogens with one attached hydrogen (secondary N) is 3. The number of ether oxygens (including phenoxy) is 1. The van der Waals surface area contributed by atoms with Gasteiger partial charge in [0, 0.05) is 26.1 Å². The predicted molar refractivity (Wildman–Crippen MR) is 130 cm³/mol. The van der Waals surface area contributed by atoms with Gasteiger partial charge in [0.2, 0.25) is 17.6 Å². The van der Waals surface area contributed by atoms with Gasteiger partial charge in [-0.25, -0.2) is 4.39 Å². The van der Waals surface area contributed by atoms with Gasteiger partial charge in [-0.05, 0) is 68.7 Å². The van der Waals surface area contributed by atoms with Crippen molar-refractivity contribution in [3.63, 3.8) is 0 Å². The Bertz CT molecular complexity index is 1060. The number of Topliss-reactive ketones (excluding diaryl/α,β-unsaturated/α-hetero) is 1. The number of carbonyl (C=O) groups excluding carboxylic acids is 5. The Kier molecular flexibility index (Phi) is 8.09. The van der Waals surface area contributed by atoms with E-state index in [0.717, 1.165) is 19.3 Å². The summed E-state index contributed by atoms with van der Waals surface area (Å²) < 4.78 is 19.0. The van der Waals surface area contributed by atoms with Crippen molar-refractivity contribution in [3.05, 3.63) is 30.1 Å². The number of nitrogens with zero attached hydrogens (tertiary/aromatic N) is 1. The van der Waals surface area contributed by atoms with Crippen molar-refractivity contribution in [2.45, 2.75) is 57.2 Å². The van der Waals surface area contributed by atoms with E-state index in [9.17, 15) is 28.4 Å². The van der Waals surface area contributed by atoms with Gasteiger partial charge in [-0.2, -0.15) is 0 Å². The lowest BCUT2D eigenvalue weighted by molar-refractivity contribution is -0.145. The lowest BCUT2D eigenvalue weighted by atomic mass is 9.91. The van der Waals surface area contributed by atoms with E-state index in [-0.39, 0.29) is 30.1 Å². The molecule has 0 spiro atoms. The molecule has 2 saturated heterocycles. The molecule has 0 unspecified atom stereocenters. The number of carbonyl (C=O) groups is 5. The minimum absolute atomic E-state index is 0.00265. The maximum atomic E-state index is 13.6. The number of rotatable bonds is 9. The fraction of sp³-hybridized carbons (Fsp3) is 0.577. The van der Waals surface area contributed by atoms with E-state index in [4.69, 9.17) is 4.74 Å². The zero-order chi connectivity index (χ0) is 26.7. The van der Waals surface area contributed by atoms with Crippen molar-refractivity contribution in [2.75, 3.05) is 20.1 Å². The average molecular weight is 517 g/mol. The molecule has 3 N–H and O–H groups in total. The number of hydrogen-bond acceptors (Lipinski definition) is 6. The van der Waals surface area contributed by atoms with E-state index >= 15 is 0 Å². The number of benzene rings is 1. The molecule has 1 aromatic carbocycles. The van der Waals surface area contributed by atoms with E-state index in [2.05, 4.69) is 16.0 Å². The molecule has 3 aliphatic rings. The highest BCUT2D eigenvalue weighted by Crippen LogP contribution is 2.42. The summed E-state index contributed by atoms with van der Waals surface area (Å²) in [6.07, 6.45) is 2.16. The molecule has 1 saturated carbocycles. The highest BCUT2D eigenvalue weighted by Gasteiger charge is 2.51. The van der Waals surface area contributed by atoms with Crippen LogP contribution in [0.1, 0.15) is 39.0 Å². The van der Waals surface area contributed by atoms with Crippen LogP contribution in [0.5, 0.6) is 5.75 Å². The third-order valence-electron chi connectivity index (χ3n) is 7.68. The summed E-state index contributed by atoms with van der Waals surface area (Å²) in [7, 11) is 1.32. The number of likely N-dealkylation sites (tertiary alicyclic amines) is 1. The molecule has 2 aliphatic heterocycles. The molecule has 0 aromatic heterocycles. The van der Waals surface area contributed by atoms with Crippen LogP contribution in [-0.4, -0.2) is 72.6 Å². The molecular weight excluding hydrogens is 483 g/mol. The molecule has 0 bridgehead atoms. The number of halogens is 1. The Balaban J connectivity index is 1.51. The van der Waals surface area contributed by atoms with Crippen molar-refractivity contribution >= 4 is 29.4 Å². The fourth-order valence-electron chi connectivity index (χ4n) is 5.79. The molecule has 6 atom stereocenters. The summed E-state index contributed by atoms with van der Waals surface area (Å²) in [5.41, 5.74) is 0. The highest BCUT2D eigenvalue weighted by atomic mass is 19.1. The Labute approximate surface area is 214 Å². The minimum atomic E-state index is -1.19. The van der Waals surface area contributed by atoms with Crippen LogP contribution >= 0.6 is 0 Å². The zero-order valence-electron chi connectivity index (χ0n) is 21.0. The van der Waals surface area contributed by atoms with Crippen molar-refractivity contribution < 1.29 is 33.1 Å². The van der Waals surface area contributed by atoms with Crippen LogP contribution in [0.25, 0.3) is 0 Å². The highest BCUT2D eigenvalue weighted by molar-refractivity contribution is 6.38. The van der Waals surface area contributed by atoms with Crippen molar-refractivity contribution in [1.82, 2.24) is 20.9 Å². The first-order chi connectivity index (χ1) is 17.7. The molecular formula is C26H33FN4O6. The van der Waals surface area contributed by atoms with Crippen LogP contribution in [0.15, 0.2) is 24.3 Å². The van der Waals surface area contributed by atoms with Gasteiger partial charge in [-0.3, -0.25) is 24.0 Å². The SMILES string of the molecule is CNC(=O)C(=O)[C@H](C[C@@H]1CCNC1=O)NC(=O)[C@@H]1[C@H]2CCC[C@H]2CN1C(=O)[C@H](C)Oc1ccc(F)cc1. The Hall–Kier alpha value is -3.50. The summed E-state index contributed by atoms with van der Waals surface area (Å²) in [5, 5.41) is 7.70. The van der Waals surface area contributed by atoms with E-state index in [1.54, 1.807) is 6.92 Å². The van der Waals surface area contributed by atoms with Gasteiger partial charge in [0.1, 0.15) is 17.6 Å². The molecule has 10 nitrogen and oxygen atoms in total. The van der Waals surface area contributed by atoms with Gasteiger partial charge in [-0.1, -0.05) is 6.42 Å².